The van der Waals surface area contributed by atoms with Gasteiger partial charge in [0.15, 0.2) is 0 Å². The normalized spacial score (nSPS) is 13.1. The largest absolute Gasteiger partial charge is 0.135 e. The molecule has 0 aliphatic heterocycles. The molecule has 1 heteroatoms. The fourth-order valence-electron chi connectivity index (χ4n) is 9.41. The van der Waals surface area contributed by atoms with E-state index < -0.39 is 5.41 Å². The molecular weight excluding hydrogens is 717 g/mol. The lowest BCUT2D eigenvalue weighted by atomic mass is 9.67. The van der Waals surface area contributed by atoms with Crippen molar-refractivity contribution in [3.05, 3.63) is 263 Å². The molecule has 0 N–H and O–H groups in total. The number of fused-ring (bicyclic) bond motifs is 6. The molecule has 0 saturated carbocycles. The molecule has 0 nitrogen and oxygen atoms in total. The summed E-state index contributed by atoms with van der Waals surface area (Å²) in [5.41, 5.74) is 17.0. The summed E-state index contributed by atoms with van der Waals surface area (Å²) in [5.74, 6) is 0. The summed E-state index contributed by atoms with van der Waals surface area (Å²) in [4.78, 5) is 0. The van der Waals surface area contributed by atoms with E-state index in [4.69, 9.17) is 0 Å². The van der Waals surface area contributed by atoms with E-state index in [9.17, 15) is 0 Å². The second-order valence-electron chi connectivity index (χ2n) is 15.2. The van der Waals surface area contributed by atoms with Gasteiger partial charge in [-0.2, -0.15) is 0 Å². The monoisotopic (exact) mass is 754 g/mol. The van der Waals surface area contributed by atoms with Crippen molar-refractivity contribution in [1.29, 1.82) is 0 Å². The van der Waals surface area contributed by atoms with Gasteiger partial charge >= 0.3 is 0 Å². The van der Waals surface area contributed by atoms with Crippen molar-refractivity contribution in [2.45, 2.75) is 5.41 Å². The first kappa shape index (κ1) is 34.2. The number of rotatable bonds is 7. The van der Waals surface area contributed by atoms with Crippen molar-refractivity contribution in [3.63, 3.8) is 0 Å². The number of hydrogen-bond donors (Lipinski definition) is 0. The van der Waals surface area contributed by atoms with Crippen LogP contribution in [0.25, 0.3) is 65.2 Å². The maximum Gasteiger partial charge on any atom is 0.0713 e. The highest BCUT2D eigenvalue weighted by Crippen LogP contribution is 2.56. The Balaban J connectivity index is 1.14. The van der Waals surface area contributed by atoms with Crippen molar-refractivity contribution in [2.75, 3.05) is 0 Å². The van der Waals surface area contributed by atoms with Crippen LogP contribution in [0, 0.1) is 0 Å². The third-order valence-electron chi connectivity index (χ3n) is 12.0. The van der Waals surface area contributed by atoms with Crippen LogP contribution in [0.1, 0.15) is 38.9 Å². The van der Waals surface area contributed by atoms with E-state index >= 15 is 0 Å². The summed E-state index contributed by atoms with van der Waals surface area (Å²) in [6.45, 7) is 0. The Kier molecular flexibility index (Phi) is 8.35. The summed E-state index contributed by atoms with van der Waals surface area (Å²) >= 11 is 1.89. The zero-order valence-electron chi connectivity index (χ0n) is 31.8. The zero-order chi connectivity index (χ0) is 38.5. The molecule has 1 aliphatic rings. The average Bonchev–Trinajstić information content (AvgIpc) is 3.83. The molecule has 11 rings (SSSR count). The first-order valence-electron chi connectivity index (χ1n) is 20.0. The minimum Gasteiger partial charge on any atom is -0.135 e. The van der Waals surface area contributed by atoms with Gasteiger partial charge < -0.3 is 0 Å². The van der Waals surface area contributed by atoms with E-state index in [2.05, 4.69) is 231 Å². The maximum absolute atomic E-state index is 2.45. The Morgan fingerprint density at radius 2 is 0.931 bits per heavy atom. The summed E-state index contributed by atoms with van der Waals surface area (Å²) < 4.78 is 2.64. The van der Waals surface area contributed by atoms with Crippen molar-refractivity contribution < 1.29 is 0 Å². The van der Waals surface area contributed by atoms with Crippen LogP contribution in [0.5, 0.6) is 0 Å². The molecule has 0 amide bonds. The molecule has 1 aromatic heterocycles. The van der Waals surface area contributed by atoms with Crippen LogP contribution in [-0.2, 0) is 5.41 Å². The minimum atomic E-state index is -0.441. The zero-order valence-corrected chi connectivity index (χ0v) is 32.7. The number of benzene rings is 9. The molecule has 272 valence electrons. The molecule has 10 aromatic rings. The van der Waals surface area contributed by atoms with Crippen molar-refractivity contribution in [3.8, 4) is 33.4 Å². The summed E-state index contributed by atoms with van der Waals surface area (Å²) in [6, 6.07) is 82.5. The van der Waals surface area contributed by atoms with Crippen LogP contribution in [0.15, 0.2) is 224 Å². The molecule has 0 saturated heterocycles. The highest BCUT2D eigenvalue weighted by Gasteiger charge is 2.46. The minimum absolute atomic E-state index is 0.441. The van der Waals surface area contributed by atoms with Gasteiger partial charge in [0.2, 0.25) is 0 Å². The van der Waals surface area contributed by atoms with E-state index in [-0.39, 0.29) is 0 Å². The molecule has 0 radical (unpaired) electrons. The number of hydrogen-bond acceptors (Lipinski definition) is 1. The average molecular weight is 755 g/mol. The van der Waals surface area contributed by atoms with E-state index in [0.29, 0.717) is 0 Å². The van der Waals surface area contributed by atoms with Crippen LogP contribution in [0.2, 0.25) is 0 Å². The van der Waals surface area contributed by atoms with Crippen LogP contribution < -0.4 is 0 Å². The van der Waals surface area contributed by atoms with E-state index in [1.165, 1.54) is 98.1 Å². The Morgan fingerprint density at radius 3 is 1.69 bits per heavy atom. The molecule has 0 spiro atoms. The smallest absolute Gasteiger partial charge is 0.0713 e. The van der Waals surface area contributed by atoms with Gasteiger partial charge in [-0.3, -0.25) is 0 Å². The van der Waals surface area contributed by atoms with Crippen LogP contribution >= 0.6 is 11.3 Å². The molecule has 58 heavy (non-hydrogen) atoms. The quantitative estimate of drug-likeness (QED) is 0.142. The van der Waals surface area contributed by atoms with Crippen LogP contribution in [-0.4, -0.2) is 0 Å². The van der Waals surface area contributed by atoms with Gasteiger partial charge in [-0.05, 0) is 90.5 Å². The van der Waals surface area contributed by atoms with Crippen LogP contribution in [0.3, 0.4) is 0 Å². The number of thiophene rings is 1. The highest BCUT2D eigenvalue weighted by atomic mass is 32.1. The van der Waals surface area contributed by atoms with Crippen molar-refractivity contribution in [1.82, 2.24) is 0 Å². The topological polar surface area (TPSA) is 0 Å². The van der Waals surface area contributed by atoms with Gasteiger partial charge in [0, 0.05) is 25.7 Å². The van der Waals surface area contributed by atoms with Crippen molar-refractivity contribution in [2.24, 2.45) is 0 Å². The molecule has 0 unspecified atom stereocenters. The third-order valence-corrected chi connectivity index (χ3v) is 13.2. The van der Waals surface area contributed by atoms with Gasteiger partial charge in [-0.25, -0.2) is 0 Å². The van der Waals surface area contributed by atoms with E-state index in [0.717, 1.165) is 0 Å². The summed E-state index contributed by atoms with van der Waals surface area (Å²) in [6.07, 6.45) is 2.42. The Morgan fingerprint density at radius 1 is 0.379 bits per heavy atom. The first-order chi connectivity index (χ1) is 28.8. The predicted octanol–water partition coefficient (Wildman–Crippen LogP) is 15.3. The Hall–Kier alpha value is -7.06. The van der Waals surface area contributed by atoms with Gasteiger partial charge in [0.25, 0.3) is 0 Å². The Bertz CT molecular complexity index is 3090. The van der Waals surface area contributed by atoms with E-state index in [1.807, 2.05) is 11.3 Å². The second-order valence-corrected chi connectivity index (χ2v) is 16.2. The highest BCUT2D eigenvalue weighted by molar-refractivity contribution is 7.26. The summed E-state index contributed by atoms with van der Waals surface area (Å²) in [7, 11) is 0. The molecule has 1 aliphatic carbocycles. The molecule has 1 heterocycles. The molecule has 0 bridgehead atoms. The summed E-state index contributed by atoms with van der Waals surface area (Å²) in [5, 5.41) is 2.63. The Labute approximate surface area is 343 Å². The molecule has 9 aromatic carbocycles. The van der Waals surface area contributed by atoms with Gasteiger partial charge in [0.05, 0.1) is 5.41 Å². The fourth-order valence-corrected chi connectivity index (χ4v) is 10.6. The standard InChI is InChI=1S/C57H38S/c1-4-17-39(18-5-1)40-31-33-41(34-32-40)51(37-42-19-10-11-24-46(42)49-27-16-28-50-48-26-13-15-30-55(48)58-56(49)50)43-35-36-54-52(38-43)47-25-12-14-29-53(47)57(54,44-20-6-2-7-21-44)45-22-8-3-9-23-45/h1-38H/b51-37+. The second kappa shape index (κ2) is 14.2. The van der Waals surface area contributed by atoms with Gasteiger partial charge in [0.1, 0.15) is 0 Å². The molecule has 0 atom stereocenters. The van der Waals surface area contributed by atoms with Crippen LogP contribution in [0.4, 0.5) is 0 Å². The first-order valence-corrected chi connectivity index (χ1v) is 20.8. The molecular formula is C57H38S. The van der Waals surface area contributed by atoms with Crippen molar-refractivity contribution >= 4 is 43.2 Å². The van der Waals surface area contributed by atoms with E-state index in [1.54, 1.807) is 0 Å². The molecule has 0 fully saturated rings. The van der Waals surface area contributed by atoms with Gasteiger partial charge in [-0.1, -0.05) is 212 Å². The maximum atomic E-state index is 2.45. The lowest BCUT2D eigenvalue weighted by Crippen LogP contribution is -2.28. The third kappa shape index (κ3) is 5.50. The lowest BCUT2D eigenvalue weighted by molar-refractivity contribution is 0.768. The fraction of sp³-hybridized carbons (Fsp3) is 0.0175. The lowest BCUT2D eigenvalue weighted by Gasteiger charge is -2.33. The predicted molar refractivity (Wildman–Crippen MR) is 247 cm³/mol. The van der Waals surface area contributed by atoms with Gasteiger partial charge in [-0.15, -0.1) is 11.3 Å². The SMILES string of the molecule is C(=C(/c1ccc(-c2ccccc2)cc1)c1ccc2c(c1)-c1ccccc1C2(c1ccccc1)c1ccccc1)/c1ccccc1-c1cccc2c1sc1ccccc12.